The largest absolute Gasteiger partial charge is 0.394 e. The molecule has 3 amide bonds. The van der Waals surface area contributed by atoms with Crippen LogP contribution in [-0.4, -0.2) is 57.9 Å². The van der Waals surface area contributed by atoms with Crippen LogP contribution in [-0.2, 0) is 9.53 Å². The van der Waals surface area contributed by atoms with E-state index in [1.165, 1.54) is 0 Å². The molecule has 0 radical (unpaired) electrons. The number of aliphatic hydroxyl groups is 3. The van der Waals surface area contributed by atoms with Crippen LogP contribution in [0.2, 0.25) is 0 Å². The van der Waals surface area contributed by atoms with Crippen LogP contribution in [0.25, 0.3) is 0 Å². The van der Waals surface area contributed by atoms with Gasteiger partial charge in [-0.15, -0.1) is 0 Å². The number of aliphatic hydroxyl groups excluding tert-OH is 3. The van der Waals surface area contributed by atoms with E-state index >= 15 is 0 Å². The highest BCUT2D eigenvalue weighted by Crippen LogP contribution is 2.31. The Bertz CT molecular complexity index is 321. The van der Waals surface area contributed by atoms with Crippen molar-refractivity contribution in [3.8, 4) is 0 Å². The summed E-state index contributed by atoms with van der Waals surface area (Å²) in [6.45, 7) is -0.566. The second-order valence-corrected chi connectivity index (χ2v) is 3.42. The van der Waals surface area contributed by atoms with Crippen molar-refractivity contribution in [3.05, 3.63) is 0 Å². The zero-order valence-electron chi connectivity index (χ0n) is 7.51. The molecule has 0 bridgehead atoms. The van der Waals surface area contributed by atoms with Crippen LogP contribution in [0.4, 0.5) is 4.79 Å². The molecule has 0 aromatic heterocycles. The van der Waals surface area contributed by atoms with Crippen molar-refractivity contribution < 1.29 is 29.6 Å². The molecule has 0 aromatic carbocycles. The third kappa shape index (κ3) is 1.23. The number of amides is 3. The number of ether oxygens (including phenoxy) is 1. The summed E-state index contributed by atoms with van der Waals surface area (Å²) in [5, 5.41) is 31.8. The van der Waals surface area contributed by atoms with E-state index in [4.69, 9.17) is 9.84 Å². The zero-order valence-corrected chi connectivity index (χ0v) is 7.51. The number of carbonyl (C=O) groups is 2. The molecule has 8 nitrogen and oxygen atoms in total. The van der Waals surface area contributed by atoms with Crippen LogP contribution in [0.15, 0.2) is 0 Å². The Labute approximate surface area is 83.8 Å². The second kappa shape index (κ2) is 3.14. The highest BCUT2D eigenvalue weighted by atomic mass is 16.6. The Balaban J connectivity index is 2.30. The summed E-state index contributed by atoms with van der Waals surface area (Å²) in [5.74, 6) is -0.880. The minimum absolute atomic E-state index is 0.566. The van der Waals surface area contributed by atoms with Crippen LogP contribution >= 0.6 is 0 Å². The molecule has 4 atom stereocenters. The molecule has 2 saturated heterocycles. The Morgan fingerprint density at radius 3 is 2.47 bits per heavy atom. The first-order valence-electron chi connectivity index (χ1n) is 4.29. The lowest BCUT2D eigenvalue weighted by atomic mass is 10.0. The van der Waals surface area contributed by atoms with Crippen molar-refractivity contribution in [2.24, 2.45) is 0 Å². The third-order valence-electron chi connectivity index (χ3n) is 2.50. The van der Waals surface area contributed by atoms with Gasteiger partial charge in [0.05, 0.1) is 6.61 Å². The first-order chi connectivity index (χ1) is 7.01. The Morgan fingerprint density at radius 1 is 1.40 bits per heavy atom. The smallest absolute Gasteiger partial charge is 0.324 e. The van der Waals surface area contributed by atoms with E-state index in [0.29, 0.717) is 0 Å². The number of imide groups is 1. The quantitative estimate of drug-likeness (QED) is 0.292. The van der Waals surface area contributed by atoms with Crippen LogP contribution in [0, 0.1) is 0 Å². The zero-order chi connectivity index (χ0) is 11.2. The summed E-state index contributed by atoms with van der Waals surface area (Å²) < 4.78 is 4.97. The van der Waals surface area contributed by atoms with E-state index in [2.05, 4.69) is 5.32 Å². The van der Waals surface area contributed by atoms with Crippen molar-refractivity contribution >= 4 is 11.9 Å². The highest BCUT2D eigenvalue weighted by molar-refractivity contribution is 6.06. The number of hydrogen-bond acceptors (Lipinski definition) is 6. The van der Waals surface area contributed by atoms with Crippen LogP contribution in [0.5, 0.6) is 0 Å². The van der Waals surface area contributed by atoms with Crippen LogP contribution < -0.4 is 10.6 Å². The molecule has 2 heterocycles. The van der Waals surface area contributed by atoms with Gasteiger partial charge in [0, 0.05) is 0 Å². The lowest BCUT2D eigenvalue weighted by molar-refractivity contribution is -0.153. The average molecular weight is 218 g/mol. The predicted octanol–water partition coefficient (Wildman–Crippen LogP) is -3.36. The summed E-state index contributed by atoms with van der Waals surface area (Å²) in [6.07, 6.45) is -4.15. The van der Waals surface area contributed by atoms with E-state index in [1.807, 2.05) is 5.32 Å². The van der Waals surface area contributed by atoms with Crippen molar-refractivity contribution in [3.63, 3.8) is 0 Å². The molecule has 2 fully saturated rings. The molecule has 0 aliphatic carbocycles. The maximum absolute atomic E-state index is 11.4. The molecule has 2 aliphatic heterocycles. The average Bonchev–Trinajstić information content (AvgIpc) is 2.60. The van der Waals surface area contributed by atoms with Crippen molar-refractivity contribution in [1.82, 2.24) is 10.6 Å². The van der Waals surface area contributed by atoms with Gasteiger partial charge in [-0.05, 0) is 0 Å². The van der Waals surface area contributed by atoms with Crippen LogP contribution in [0.1, 0.15) is 0 Å². The van der Waals surface area contributed by atoms with Gasteiger partial charge in [-0.25, -0.2) is 4.79 Å². The molecule has 84 valence electrons. The minimum Gasteiger partial charge on any atom is -0.394 e. The molecule has 2 rings (SSSR count). The maximum Gasteiger partial charge on any atom is 0.324 e. The van der Waals surface area contributed by atoms with E-state index in [1.54, 1.807) is 0 Å². The third-order valence-corrected chi connectivity index (χ3v) is 2.50. The van der Waals surface area contributed by atoms with Crippen molar-refractivity contribution in [2.75, 3.05) is 6.61 Å². The first-order valence-corrected chi connectivity index (χ1v) is 4.29. The maximum atomic E-state index is 11.4. The van der Waals surface area contributed by atoms with Crippen molar-refractivity contribution in [1.29, 1.82) is 0 Å². The van der Waals surface area contributed by atoms with E-state index in [9.17, 15) is 19.8 Å². The van der Waals surface area contributed by atoms with Crippen molar-refractivity contribution in [2.45, 2.75) is 24.0 Å². The standard InChI is InChI=1S/C7H10N2O6/c10-1-2-3(11)4(12)7(15-2)5(13)8-6(14)9-7/h2-4,10-12H,1H2,(H2,8,9,13,14)/t2-,3-,4+,7+/m1/s1. The van der Waals surface area contributed by atoms with Gasteiger partial charge in [0.25, 0.3) is 11.6 Å². The Hall–Kier alpha value is -1.22. The molecular weight excluding hydrogens is 208 g/mol. The first kappa shape index (κ1) is 10.3. The second-order valence-electron chi connectivity index (χ2n) is 3.42. The molecule has 5 N–H and O–H groups in total. The Morgan fingerprint density at radius 2 is 2.07 bits per heavy atom. The molecule has 15 heavy (non-hydrogen) atoms. The summed E-state index contributed by atoms with van der Waals surface area (Å²) in [7, 11) is 0. The number of urea groups is 1. The van der Waals surface area contributed by atoms with Gasteiger partial charge in [0.15, 0.2) is 0 Å². The minimum atomic E-state index is -1.98. The molecule has 2 aliphatic rings. The number of carbonyl (C=O) groups excluding carboxylic acids is 2. The van der Waals surface area contributed by atoms with Gasteiger partial charge in [-0.2, -0.15) is 0 Å². The SMILES string of the molecule is O=C1NC(=O)[C@@]2(N1)O[C@H](CO)[C@@H](O)[C@@H]2O. The fourth-order valence-corrected chi connectivity index (χ4v) is 1.71. The van der Waals surface area contributed by atoms with E-state index in [-0.39, 0.29) is 0 Å². The van der Waals surface area contributed by atoms with Gasteiger partial charge in [-0.3, -0.25) is 15.4 Å². The lowest BCUT2D eigenvalue weighted by Gasteiger charge is -2.22. The molecule has 0 saturated carbocycles. The summed E-state index contributed by atoms with van der Waals surface area (Å²) in [6, 6.07) is -0.815. The van der Waals surface area contributed by atoms with E-state index < -0.39 is 42.6 Å². The topological polar surface area (TPSA) is 128 Å². The van der Waals surface area contributed by atoms with Gasteiger partial charge < -0.3 is 20.1 Å². The summed E-state index contributed by atoms with van der Waals surface area (Å²) >= 11 is 0. The fraction of sp³-hybridized carbons (Fsp3) is 0.714. The number of nitrogens with one attached hydrogen (secondary N) is 2. The highest BCUT2D eigenvalue weighted by Gasteiger charge is 2.63. The number of rotatable bonds is 1. The molecule has 1 spiro atoms. The molecule has 8 heteroatoms. The normalized spacial score (nSPS) is 44.6. The van der Waals surface area contributed by atoms with E-state index in [0.717, 1.165) is 0 Å². The number of hydrogen-bond donors (Lipinski definition) is 5. The monoisotopic (exact) mass is 218 g/mol. The van der Waals surface area contributed by atoms with Crippen LogP contribution in [0.3, 0.4) is 0 Å². The van der Waals surface area contributed by atoms with Gasteiger partial charge in [-0.1, -0.05) is 0 Å². The Kier molecular flexibility index (Phi) is 2.15. The summed E-state index contributed by atoms with van der Waals surface area (Å²) in [5.41, 5.74) is -1.98. The molecular formula is C7H10N2O6. The molecule has 0 unspecified atom stereocenters. The molecule has 0 aromatic rings. The lowest BCUT2D eigenvalue weighted by Crippen LogP contribution is -2.56. The predicted molar refractivity (Wildman–Crippen MR) is 43.4 cm³/mol. The fourth-order valence-electron chi connectivity index (χ4n) is 1.71. The van der Waals surface area contributed by atoms with Gasteiger partial charge in [0.2, 0.25) is 0 Å². The summed E-state index contributed by atoms with van der Waals surface area (Å²) in [4.78, 5) is 22.2. The van der Waals surface area contributed by atoms with Gasteiger partial charge in [0.1, 0.15) is 18.3 Å². The van der Waals surface area contributed by atoms with Gasteiger partial charge >= 0.3 is 6.03 Å².